The predicted octanol–water partition coefficient (Wildman–Crippen LogP) is 5.27. The summed E-state index contributed by atoms with van der Waals surface area (Å²) in [5.41, 5.74) is 2.39. The second kappa shape index (κ2) is 7.06. The summed E-state index contributed by atoms with van der Waals surface area (Å²) in [7, 11) is 0. The van der Waals surface area contributed by atoms with Crippen molar-refractivity contribution >= 4 is 11.6 Å². The van der Waals surface area contributed by atoms with Crippen LogP contribution in [0.5, 0.6) is 0 Å². The zero-order valence-corrected chi connectivity index (χ0v) is 13.1. The van der Waals surface area contributed by atoms with Gasteiger partial charge in [0.15, 0.2) is 0 Å². The van der Waals surface area contributed by atoms with Crippen LogP contribution >= 0.6 is 11.6 Å². The fraction of sp³-hybridized carbons (Fsp3) is 0.333. The van der Waals surface area contributed by atoms with E-state index in [4.69, 9.17) is 11.6 Å². The lowest BCUT2D eigenvalue weighted by molar-refractivity contribution is 0.177. The van der Waals surface area contributed by atoms with Crippen LogP contribution in [-0.4, -0.2) is 5.11 Å². The van der Waals surface area contributed by atoms with Crippen molar-refractivity contribution in [1.29, 1.82) is 0 Å². The predicted molar refractivity (Wildman–Crippen MR) is 85.2 cm³/mol. The molecule has 2 aromatic carbocycles. The standard InChI is InChI=1S/C18H20ClFO/c1-3-12(2)13-7-9-14(10-8-13)18(21)11-15-16(19)5-4-6-17(15)20/h4-10,12,18,21H,3,11H2,1-2H3. The minimum Gasteiger partial charge on any atom is -0.388 e. The Morgan fingerprint density at radius 3 is 2.29 bits per heavy atom. The molecule has 0 spiro atoms. The second-order valence-corrected chi connectivity index (χ2v) is 5.80. The Hall–Kier alpha value is -1.38. The van der Waals surface area contributed by atoms with Gasteiger partial charge in [0, 0.05) is 17.0 Å². The Bertz CT molecular complexity index is 574. The Kier molecular flexibility index (Phi) is 5.38. The normalized spacial score (nSPS) is 14.0. The average Bonchev–Trinajstić information content (AvgIpc) is 2.50. The maximum atomic E-state index is 13.7. The van der Waals surface area contributed by atoms with Crippen LogP contribution in [0.4, 0.5) is 4.39 Å². The first-order chi connectivity index (χ1) is 10.0. The number of aliphatic hydroxyl groups is 1. The summed E-state index contributed by atoms with van der Waals surface area (Å²) in [5, 5.41) is 10.6. The van der Waals surface area contributed by atoms with Gasteiger partial charge < -0.3 is 5.11 Å². The van der Waals surface area contributed by atoms with E-state index in [1.165, 1.54) is 11.6 Å². The fourth-order valence-electron chi connectivity index (χ4n) is 2.32. The first-order valence-electron chi connectivity index (χ1n) is 7.23. The molecule has 0 aliphatic carbocycles. The lowest BCUT2D eigenvalue weighted by Crippen LogP contribution is -2.04. The third kappa shape index (κ3) is 3.84. The van der Waals surface area contributed by atoms with Gasteiger partial charge in [-0.3, -0.25) is 0 Å². The molecule has 0 bridgehead atoms. The fourth-order valence-corrected chi connectivity index (χ4v) is 2.56. The van der Waals surface area contributed by atoms with Gasteiger partial charge in [-0.1, -0.05) is 55.8 Å². The zero-order valence-electron chi connectivity index (χ0n) is 12.3. The number of benzene rings is 2. The highest BCUT2D eigenvalue weighted by Crippen LogP contribution is 2.27. The van der Waals surface area contributed by atoms with Gasteiger partial charge >= 0.3 is 0 Å². The maximum Gasteiger partial charge on any atom is 0.127 e. The van der Waals surface area contributed by atoms with E-state index in [2.05, 4.69) is 13.8 Å². The van der Waals surface area contributed by atoms with Gasteiger partial charge in [0.2, 0.25) is 0 Å². The van der Waals surface area contributed by atoms with Crippen LogP contribution < -0.4 is 0 Å². The smallest absolute Gasteiger partial charge is 0.127 e. The number of rotatable bonds is 5. The van der Waals surface area contributed by atoms with E-state index in [9.17, 15) is 9.50 Å². The molecule has 2 aromatic rings. The highest BCUT2D eigenvalue weighted by Gasteiger charge is 2.14. The van der Waals surface area contributed by atoms with Crippen molar-refractivity contribution < 1.29 is 9.50 Å². The molecule has 3 heteroatoms. The van der Waals surface area contributed by atoms with Gasteiger partial charge in [-0.25, -0.2) is 4.39 Å². The molecule has 0 radical (unpaired) electrons. The third-order valence-corrected chi connectivity index (χ3v) is 4.32. The van der Waals surface area contributed by atoms with Crippen LogP contribution in [0.3, 0.4) is 0 Å². The van der Waals surface area contributed by atoms with Crippen molar-refractivity contribution in [3.63, 3.8) is 0 Å². The molecule has 2 rings (SSSR count). The summed E-state index contributed by atoms with van der Waals surface area (Å²) >= 11 is 6.00. The summed E-state index contributed by atoms with van der Waals surface area (Å²) < 4.78 is 13.7. The summed E-state index contributed by atoms with van der Waals surface area (Å²) in [6, 6.07) is 12.4. The van der Waals surface area contributed by atoms with Gasteiger partial charge in [0.25, 0.3) is 0 Å². The summed E-state index contributed by atoms with van der Waals surface area (Å²) in [6.07, 6.45) is 0.492. The Morgan fingerprint density at radius 1 is 1.10 bits per heavy atom. The van der Waals surface area contributed by atoms with Crippen molar-refractivity contribution in [2.75, 3.05) is 0 Å². The number of halogens is 2. The van der Waals surface area contributed by atoms with Crippen LogP contribution in [0.15, 0.2) is 42.5 Å². The van der Waals surface area contributed by atoms with E-state index in [1.807, 2.05) is 24.3 Å². The molecule has 0 heterocycles. The van der Waals surface area contributed by atoms with E-state index in [0.717, 1.165) is 12.0 Å². The first-order valence-corrected chi connectivity index (χ1v) is 7.61. The SMILES string of the molecule is CCC(C)c1ccc(C(O)Cc2c(F)cccc2Cl)cc1. The molecule has 2 unspecified atom stereocenters. The Balaban J connectivity index is 2.15. The molecule has 1 nitrogen and oxygen atoms in total. The topological polar surface area (TPSA) is 20.2 Å². The first kappa shape index (κ1) is 16.0. The van der Waals surface area contributed by atoms with Crippen molar-refractivity contribution in [3.8, 4) is 0 Å². The van der Waals surface area contributed by atoms with E-state index in [1.54, 1.807) is 12.1 Å². The highest BCUT2D eigenvalue weighted by molar-refractivity contribution is 6.31. The minimum absolute atomic E-state index is 0.175. The number of aliphatic hydroxyl groups excluding tert-OH is 1. The molecule has 0 aliphatic heterocycles. The minimum atomic E-state index is -0.759. The van der Waals surface area contributed by atoms with Crippen LogP contribution in [0.1, 0.15) is 49.0 Å². The van der Waals surface area contributed by atoms with Gasteiger partial charge in [0.05, 0.1) is 6.10 Å². The van der Waals surface area contributed by atoms with Gasteiger partial charge in [-0.05, 0) is 35.6 Å². The van der Waals surface area contributed by atoms with Crippen molar-refractivity contribution in [3.05, 3.63) is 70.0 Å². The summed E-state index contributed by atoms with van der Waals surface area (Å²) in [4.78, 5) is 0. The van der Waals surface area contributed by atoms with Crippen molar-refractivity contribution in [1.82, 2.24) is 0 Å². The third-order valence-electron chi connectivity index (χ3n) is 3.96. The van der Waals surface area contributed by atoms with Crippen LogP contribution in [0, 0.1) is 5.82 Å². The maximum absolute atomic E-state index is 13.7. The Morgan fingerprint density at radius 2 is 1.71 bits per heavy atom. The van der Waals surface area contributed by atoms with Crippen LogP contribution in [0.25, 0.3) is 0 Å². The van der Waals surface area contributed by atoms with E-state index in [-0.39, 0.29) is 12.2 Å². The van der Waals surface area contributed by atoms with Crippen molar-refractivity contribution in [2.45, 2.75) is 38.7 Å². The quantitative estimate of drug-likeness (QED) is 0.798. The second-order valence-electron chi connectivity index (χ2n) is 5.40. The van der Waals surface area contributed by atoms with Gasteiger partial charge in [-0.15, -0.1) is 0 Å². The van der Waals surface area contributed by atoms with Crippen molar-refractivity contribution in [2.24, 2.45) is 0 Å². The molecule has 0 aliphatic rings. The monoisotopic (exact) mass is 306 g/mol. The molecular weight excluding hydrogens is 287 g/mol. The highest BCUT2D eigenvalue weighted by atomic mass is 35.5. The molecule has 0 saturated heterocycles. The van der Waals surface area contributed by atoms with E-state index < -0.39 is 6.10 Å². The van der Waals surface area contributed by atoms with Gasteiger partial charge in [-0.2, -0.15) is 0 Å². The lowest BCUT2D eigenvalue weighted by Gasteiger charge is -2.15. The number of hydrogen-bond acceptors (Lipinski definition) is 1. The molecule has 1 N–H and O–H groups in total. The Labute approximate surface area is 130 Å². The molecule has 0 aromatic heterocycles. The molecule has 0 saturated carbocycles. The molecular formula is C18H20ClFO. The van der Waals surface area contributed by atoms with Gasteiger partial charge in [0.1, 0.15) is 5.82 Å². The molecule has 21 heavy (non-hydrogen) atoms. The van der Waals surface area contributed by atoms with Crippen LogP contribution in [-0.2, 0) is 6.42 Å². The molecule has 0 fully saturated rings. The summed E-state index contributed by atoms with van der Waals surface area (Å²) in [6.45, 7) is 4.32. The molecule has 112 valence electrons. The average molecular weight is 307 g/mol. The van der Waals surface area contributed by atoms with E-state index >= 15 is 0 Å². The lowest BCUT2D eigenvalue weighted by atomic mass is 9.95. The van der Waals surface area contributed by atoms with Crippen LogP contribution in [0.2, 0.25) is 5.02 Å². The summed E-state index contributed by atoms with van der Waals surface area (Å²) in [5.74, 6) is 0.120. The molecule has 0 amide bonds. The number of hydrogen-bond donors (Lipinski definition) is 1. The zero-order chi connectivity index (χ0) is 15.4. The largest absolute Gasteiger partial charge is 0.388 e. The molecule has 2 atom stereocenters. The van der Waals surface area contributed by atoms with E-state index in [0.29, 0.717) is 16.5 Å².